The minimum atomic E-state index is -4.66. The number of hydrogen-bond donors (Lipinski definition) is 4. The summed E-state index contributed by atoms with van der Waals surface area (Å²) in [5, 5.41) is 10.3. The molecule has 1 unspecified atom stereocenters. The van der Waals surface area contributed by atoms with Crippen molar-refractivity contribution in [2.45, 2.75) is 19.4 Å². The molecule has 82 valence electrons. The maximum absolute atomic E-state index is 10.7. The number of aliphatic carboxylic acids is 1. The molecule has 0 aliphatic carbocycles. The van der Waals surface area contributed by atoms with E-state index in [-0.39, 0.29) is 6.42 Å². The fourth-order valence-corrected chi connectivity index (χ4v) is 0.936. The topological polar surface area (TPSA) is 133 Å². The van der Waals surface area contributed by atoms with E-state index in [9.17, 15) is 18.0 Å². The van der Waals surface area contributed by atoms with E-state index in [1.807, 2.05) is 5.32 Å². The Morgan fingerprint density at radius 1 is 1.43 bits per heavy atom. The highest BCUT2D eigenvalue weighted by Crippen LogP contribution is 1.90. The zero-order valence-electron chi connectivity index (χ0n) is 7.22. The summed E-state index contributed by atoms with van der Waals surface area (Å²) in [7, 11) is -4.66. The molecule has 0 bridgehead atoms. The van der Waals surface area contributed by atoms with Gasteiger partial charge in [-0.1, -0.05) is 6.92 Å². The van der Waals surface area contributed by atoms with E-state index in [2.05, 4.69) is 0 Å². The van der Waals surface area contributed by atoms with Gasteiger partial charge in [0.05, 0.1) is 0 Å². The molecular formula is C5H10N2O6S. The lowest BCUT2D eigenvalue weighted by Gasteiger charge is -2.11. The maximum Gasteiger partial charge on any atom is 0.361 e. The third-order valence-electron chi connectivity index (χ3n) is 1.23. The van der Waals surface area contributed by atoms with E-state index in [1.54, 1.807) is 0 Å². The quantitative estimate of drug-likeness (QED) is 0.452. The van der Waals surface area contributed by atoms with Crippen molar-refractivity contribution >= 4 is 22.3 Å². The molecule has 0 saturated carbocycles. The van der Waals surface area contributed by atoms with Crippen molar-refractivity contribution in [1.82, 2.24) is 10.0 Å². The minimum Gasteiger partial charge on any atom is -0.480 e. The highest BCUT2D eigenvalue weighted by molar-refractivity contribution is 7.84. The fourth-order valence-electron chi connectivity index (χ4n) is 0.643. The van der Waals surface area contributed by atoms with E-state index < -0.39 is 28.3 Å². The summed E-state index contributed by atoms with van der Waals surface area (Å²) in [6, 6.07) is -2.49. The number of rotatable bonds is 4. The average Bonchev–Trinajstić information content (AvgIpc) is 1.96. The van der Waals surface area contributed by atoms with Gasteiger partial charge in [0.2, 0.25) is 0 Å². The molecule has 0 aromatic rings. The molecule has 4 N–H and O–H groups in total. The van der Waals surface area contributed by atoms with Gasteiger partial charge in [-0.25, -0.2) is 14.3 Å². The Morgan fingerprint density at radius 2 is 1.93 bits per heavy atom. The maximum atomic E-state index is 10.7. The third-order valence-corrected chi connectivity index (χ3v) is 1.68. The van der Waals surface area contributed by atoms with Crippen molar-refractivity contribution in [2.75, 3.05) is 0 Å². The second-order valence-corrected chi connectivity index (χ2v) is 3.50. The Morgan fingerprint density at radius 3 is 2.21 bits per heavy atom. The third kappa shape index (κ3) is 5.32. The number of hydrogen-bond acceptors (Lipinski definition) is 4. The van der Waals surface area contributed by atoms with Gasteiger partial charge < -0.3 is 10.4 Å². The summed E-state index contributed by atoms with van der Waals surface area (Å²) in [5.74, 6) is -1.29. The summed E-state index contributed by atoms with van der Waals surface area (Å²) in [4.78, 5) is 21.1. The Kier molecular flexibility index (Phi) is 4.31. The van der Waals surface area contributed by atoms with Crippen LogP contribution in [0.2, 0.25) is 0 Å². The lowest BCUT2D eigenvalue weighted by Crippen LogP contribution is -2.47. The van der Waals surface area contributed by atoms with Crippen LogP contribution < -0.4 is 10.0 Å². The molecule has 9 heteroatoms. The van der Waals surface area contributed by atoms with E-state index >= 15 is 0 Å². The Balaban J connectivity index is 4.25. The van der Waals surface area contributed by atoms with E-state index in [0.29, 0.717) is 0 Å². The van der Waals surface area contributed by atoms with Gasteiger partial charge >= 0.3 is 22.3 Å². The summed E-state index contributed by atoms with van der Waals surface area (Å²) >= 11 is 0. The van der Waals surface area contributed by atoms with Crippen LogP contribution in [0, 0.1) is 0 Å². The first kappa shape index (κ1) is 12.7. The second kappa shape index (κ2) is 4.77. The lowest BCUT2D eigenvalue weighted by atomic mass is 10.2. The second-order valence-electron chi connectivity index (χ2n) is 2.35. The van der Waals surface area contributed by atoms with Crippen LogP contribution in [0.25, 0.3) is 0 Å². The molecule has 8 nitrogen and oxygen atoms in total. The number of urea groups is 1. The van der Waals surface area contributed by atoms with Gasteiger partial charge in [0.15, 0.2) is 0 Å². The monoisotopic (exact) mass is 226 g/mol. The summed E-state index contributed by atoms with van der Waals surface area (Å²) in [5.41, 5.74) is 0. The SMILES string of the molecule is CCC(NC(=O)NS(=O)(=O)O)C(=O)O. The first-order chi connectivity index (χ1) is 6.26. The standard InChI is InChI=1S/C5H10N2O6S/c1-2-3(4(8)9)6-5(10)7-14(11,12)13/h3H,2H2,1H3,(H,8,9)(H2,6,7,10)(H,11,12,13). The number of amides is 2. The van der Waals surface area contributed by atoms with Crippen LogP contribution in [0.15, 0.2) is 0 Å². The van der Waals surface area contributed by atoms with Crippen molar-refractivity contribution < 1.29 is 27.7 Å². The smallest absolute Gasteiger partial charge is 0.361 e. The summed E-state index contributed by atoms with van der Waals surface area (Å²) in [6.45, 7) is 1.49. The number of nitrogens with one attached hydrogen (secondary N) is 2. The number of carboxylic acid groups (broad SMARTS) is 1. The van der Waals surface area contributed by atoms with E-state index in [4.69, 9.17) is 9.66 Å². The zero-order valence-corrected chi connectivity index (χ0v) is 8.04. The number of carbonyl (C=O) groups is 2. The highest BCUT2D eigenvalue weighted by atomic mass is 32.2. The summed E-state index contributed by atoms with van der Waals surface area (Å²) < 4.78 is 29.6. The normalized spacial score (nSPS) is 13.0. The van der Waals surface area contributed by atoms with Crippen molar-refractivity contribution in [3.05, 3.63) is 0 Å². The first-order valence-electron chi connectivity index (χ1n) is 3.54. The Labute approximate surface area is 80.2 Å². The zero-order chi connectivity index (χ0) is 11.4. The Hall–Kier alpha value is -1.35. The van der Waals surface area contributed by atoms with Crippen molar-refractivity contribution in [3.63, 3.8) is 0 Å². The van der Waals surface area contributed by atoms with Crippen LogP contribution in [-0.4, -0.2) is 36.1 Å². The van der Waals surface area contributed by atoms with Crippen LogP contribution in [0.3, 0.4) is 0 Å². The molecule has 0 rings (SSSR count). The van der Waals surface area contributed by atoms with Gasteiger partial charge in [-0.3, -0.25) is 4.55 Å². The molecule has 0 aliphatic heterocycles. The van der Waals surface area contributed by atoms with Gasteiger partial charge in [-0.2, -0.15) is 8.42 Å². The predicted octanol–water partition coefficient (Wildman–Crippen LogP) is -1.05. The minimum absolute atomic E-state index is 0.0915. The molecule has 0 heterocycles. The Bertz CT molecular complexity index is 323. The number of carboxylic acids is 1. The molecule has 0 aromatic heterocycles. The van der Waals surface area contributed by atoms with Gasteiger partial charge in [0.1, 0.15) is 6.04 Å². The van der Waals surface area contributed by atoms with Gasteiger partial charge in [-0.15, -0.1) is 0 Å². The summed E-state index contributed by atoms with van der Waals surface area (Å²) in [6.07, 6.45) is 0.0915. The average molecular weight is 226 g/mol. The van der Waals surface area contributed by atoms with Crippen LogP contribution in [0.5, 0.6) is 0 Å². The molecule has 0 saturated heterocycles. The first-order valence-corrected chi connectivity index (χ1v) is 4.98. The molecule has 14 heavy (non-hydrogen) atoms. The van der Waals surface area contributed by atoms with Crippen molar-refractivity contribution in [3.8, 4) is 0 Å². The molecular weight excluding hydrogens is 216 g/mol. The molecule has 0 aromatic carbocycles. The number of carbonyl (C=O) groups excluding carboxylic acids is 1. The van der Waals surface area contributed by atoms with Crippen LogP contribution in [0.1, 0.15) is 13.3 Å². The molecule has 0 radical (unpaired) electrons. The molecule has 0 fully saturated rings. The highest BCUT2D eigenvalue weighted by Gasteiger charge is 2.19. The molecule has 0 aliphatic rings. The molecule has 2 amide bonds. The fraction of sp³-hybridized carbons (Fsp3) is 0.600. The van der Waals surface area contributed by atoms with Crippen molar-refractivity contribution in [1.29, 1.82) is 0 Å². The van der Waals surface area contributed by atoms with Crippen LogP contribution in [0.4, 0.5) is 4.79 Å². The molecule has 1 atom stereocenters. The van der Waals surface area contributed by atoms with E-state index in [1.165, 1.54) is 6.92 Å². The van der Waals surface area contributed by atoms with E-state index in [0.717, 1.165) is 4.72 Å². The van der Waals surface area contributed by atoms with Crippen LogP contribution in [-0.2, 0) is 15.1 Å². The predicted molar refractivity (Wildman–Crippen MR) is 44.9 cm³/mol. The van der Waals surface area contributed by atoms with Gasteiger partial charge in [0, 0.05) is 0 Å². The van der Waals surface area contributed by atoms with Gasteiger partial charge in [0.25, 0.3) is 0 Å². The lowest BCUT2D eigenvalue weighted by molar-refractivity contribution is -0.139. The van der Waals surface area contributed by atoms with Crippen LogP contribution >= 0.6 is 0 Å². The molecule has 0 spiro atoms. The largest absolute Gasteiger partial charge is 0.480 e. The van der Waals surface area contributed by atoms with Crippen molar-refractivity contribution in [2.24, 2.45) is 0 Å². The van der Waals surface area contributed by atoms with Gasteiger partial charge in [-0.05, 0) is 6.42 Å².